The first kappa shape index (κ1) is 23.1. The third kappa shape index (κ3) is 6.75. The smallest absolute Gasteiger partial charge is 0.416 e. The highest BCUT2D eigenvalue weighted by atomic mass is 19.4. The van der Waals surface area contributed by atoms with Gasteiger partial charge in [0.25, 0.3) is 0 Å². The van der Waals surface area contributed by atoms with Gasteiger partial charge in [-0.3, -0.25) is 4.79 Å². The lowest BCUT2D eigenvalue weighted by molar-refractivity contribution is -0.137. The lowest BCUT2D eigenvalue weighted by atomic mass is 9.68. The number of esters is 1. The first-order valence-corrected chi connectivity index (χ1v) is 11.7. The third-order valence-corrected chi connectivity index (χ3v) is 7.32. The minimum atomic E-state index is -4.38. The highest BCUT2D eigenvalue weighted by Crippen LogP contribution is 2.43. The molecule has 0 heterocycles. The van der Waals surface area contributed by atoms with Crippen molar-refractivity contribution in [3.05, 3.63) is 29.8 Å². The Morgan fingerprint density at radius 2 is 1.37 bits per heavy atom. The van der Waals surface area contributed by atoms with Crippen LogP contribution in [0.1, 0.15) is 89.5 Å². The Hall–Kier alpha value is -1.52. The first-order valence-electron chi connectivity index (χ1n) is 11.7. The molecule has 2 nitrogen and oxygen atoms in total. The molecule has 2 aliphatic carbocycles. The van der Waals surface area contributed by atoms with Gasteiger partial charge in [0.2, 0.25) is 0 Å². The van der Waals surface area contributed by atoms with Gasteiger partial charge in [0.1, 0.15) is 5.75 Å². The zero-order valence-electron chi connectivity index (χ0n) is 18.1. The van der Waals surface area contributed by atoms with Crippen molar-refractivity contribution in [1.82, 2.24) is 0 Å². The van der Waals surface area contributed by atoms with E-state index in [-0.39, 0.29) is 11.7 Å². The van der Waals surface area contributed by atoms with Gasteiger partial charge in [0, 0.05) is 6.42 Å². The Kier molecular flexibility index (Phi) is 8.24. The predicted octanol–water partition coefficient (Wildman–Crippen LogP) is 7.80. The standard InChI is InChI=1S/C25H35F3O2/c1-2-3-18-4-9-20(10-5-18)21-11-6-19(7-12-21)8-17-24(29)30-23-15-13-22(14-16-23)25(26,27)28/h13-16,18-21H,2-12,17H2,1H3/t18-,19?,20-,21?. The molecule has 0 spiro atoms. The van der Waals surface area contributed by atoms with Crippen molar-refractivity contribution in [2.24, 2.45) is 23.7 Å². The predicted molar refractivity (Wildman–Crippen MR) is 112 cm³/mol. The van der Waals surface area contributed by atoms with E-state index in [1.807, 2.05) is 0 Å². The Morgan fingerprint density at radius 3 is 1.83 bits per heavy atom. The summed E-state index contributed by atoms with van der Waals surface area (Å²) in [5.41, 5.74) is -0.738. The lowest BCUT2D eigenvalue weighted by Crippen LogP contribution is -2.26. The molecule has 1 aromatic rings. The molecule has 0 aromatic heterocycles. The van der Waals surface area contributed by atoms with Crippen LogP contribution in [0.25, 0.3) is 0 Å². The van der Waals surface area contributed by atoms with Gasteiger partial charge in [-0.25, -0.2) is 0 Å². The van der Waals surface area contributed by atoms with E-state index in [4.69, 9.17) is 4.74 Å². The summed E-state index contributed by atoms with van der Waals surface area (Å²) in [6.45, 7) is 2.28. The van der Waals surface area contributed by atoms with Gasteiger partial charge in [-0.15, -0.1) is 0 Å². The molecule has 0 radical (unpaired) electrons. The maximum absolute atomic E-state index is 12.6. The van der Waals surface area contributed by atoms with Crippen LogP contribution in [-0.4, -0.2) is 5.97 Å². The molecule has 0 amide bonds. The molecule has 2 aliphatic rings. The number of hydrogen-bond donors (Lipinski definition) is 0. The minimum Gasteiger partial charge on any atom is -0.427 e. The third-order valence-electron chi connectivity index (χ3n) is 7.32. The lowest BCUT2D eigenvalue weighted by Gasteiger charge is -2.38. The molecular formula is C25H35F3O2. The van der Waals surface area contributed by atoms with Crippen LogP contribution < -0.4 is 4.74 Å². The zero-order chi connectivity index (χ0) is 21.6. The second-order valence-corrected chi connectivity index (χ2v) is 9.39. The van der Waals surface area contributed by atoms with Crippen molar-refractivity contribution in [3.63, 3.8) is 0 Å². The van der Waals surface area contributed by atoms with Crippen LogP contribution in [0.3, 0.4) is 0 Å². The average Bonchev–Trinajstić information content (AvgIpc) is 2.73. The van der Waals surface area contributed by atoms with Gasteiger partial charge in [0.15, 0.2) is 0 Å². The molecule has 0 atom stereocenters. The molecule has 0 unspecified atom stereocenters. The highest BCUT2D eigenvalue weighted by Gasteiger charge is 2.31. The number of benzene rings is 1. The molecule has 2 saturated carbocycles. The van der Waals surface area contributed by atoms with Gasteiger partial charge in [-0.1, -0.05) is 45.4 Å². The fraction of sp³-hybridized carbons (Fsp3) is 0.720. The Balaban J connectivity index is 1.34. The summed E-state index contributed by atoms with van der Waals surface area (Å²) in [4.78, 5) is 12.1. The number of carbonyl (C=O) groups is 1. The average molecular weight is 425 g/mol. The maximum atomic E-state index is 12.6. The fourth-order valence-corrected chi connectivity index (χ4v) is 5.52. The quantitative estimate of drug-likeness (QED) is 0.330. The van der Waals surface area contributed by atoms with E-state index in [9.17, 15) is 18.0 Å². The van der Waals surface area contributed by atoms with Crippen LogP contribution in [0.4, 0.5) is 13.2 Å². The summed E-state index contributed by atoms with van der Waals surface area (Å²) >= 11 is 0. The topological polar surface area (TPSA) is 26.3 Å². The number of halogens is 3. The van der Waals surface area contributed by atoms with Crippen molar-refractivity contribution in [2.45, 2.75) is 90.1 Å². The second kappa shape index (κ2) is 10.7. The van der Waals surface area contributed by atoms with Crippen molar-refractivity contribution in [1.29, 1.82) is 0 Å². The van der Waals surface area contributed by atoms with E-state index in [0.29, 0.717) is 12.3 Å². The Bertz CT molecular complexity index is 652. The summed E-state index contributed by atoms with van der Waals surface area (Å²) in [5, 5.41) is 0. The molecule has 0 bridgehead atoms. The zero-order valence-corrected chi connectivity index (χ0v) is 18.1. The second-order valence-electron chi connectivity index (χ2n) is 9.39. The number of carbonyl (C=O) groups excluding carboxylic acids is 1. The van der Waals surface area contributed by atoms with Gasteiger partial charge in [0.05, 0.1) is 5.56 Å². The highest BCUT2D eigenvalue weighted by molar-refractivity contribution is 5.72. The van der Waals surface area contributed by atoms with E-state index in [1.54, 1.807) is 0 Å². The molecular weight excluding hydrogens is 389 g/mol. The van der Waals surface area contributed by atoms with Crippen molar-refractivity contribution in [3.8, 4) is 5.75 Å². The Morgan fingerprint density at radius 1 is 0.867 bits per heavy atom. The monoisotopic (exact) mass is 424 g/mol. The number of ether oxygens (including phenoxy) is 1. The minimum absolute atomic E-state index is 0.176. The molecule has 2 fully saturated rings. The summed E-state index contributed by atoms with van der Waals surface area (Å²) in [5.74, 6) is 3.12. The van der Waals surface area contributed by atoms with Crippen molar-refractivity contribution < 1.29 is 22.7 Å². The van der Waals surface area contributed by atoms with Gasteiger partial charge in [-0.05, 0) is 80.0 Å². The van der Waals surface area contributed by atoms with Crippen LogP contribution in [-0.2, 0) is 11.0 Å². The van der Waals surface area contributed by atoms with E-state index in [1.165, 1.54) is 76.3 Å². The normalized spacial score (nSPS) is 27.6. The van der Waals surface area contributed by atoms with Crippen LogP contribution in [0.2, 0.25) is 0 Å². The molecule has 0 N–H and O–H groups in total. The molecule has 5 heteroatoms. The van der Waals surface area contributed by atoms with E-state index in [2.05, 4.69) is 6.92 Å². The molecule has 0 saturated heterocycles. The van der Waals surface area contributed by atoms with Crippen LogP contribution in [0.15, 0.2) is 24.3 Å². The van der Waals surface area contributed by atoms with Gasteiger partial charge >= 0.3 is 12.1 Å². The van der Waals surface area contributed by atoms with Gasteiger partial charge < -0.3 is 4.74 Å². The number of hydrogen-bond acceptors (Lipinski definition) is 2. The number of rotatable bonds is 7. The van der Waals surface area contributed by atoms with E-state index < -0.39 is 11.7 Å². The molecule has 0 aliphatic heterocycles. The van der Waals surface area contributed by atoms with Crippen LogP contribution >= 0.6 is 0 Å². The summed E-state index contributed by atoms with van der Waals surface area (Å²) < 4.78 is 43.0. The molecule has 1 aromatic carbocycles. The summed E-state index contributed by atoms with van der Waals surface area (Å²) in [6.07, 6.45) is 10.0. The van der Waals surface area contributed by atoms with E-state index in [0.717, 1.165) is 36.3 Å². The number of alkyl halides is 3. The van der Waals surface area contributed by atoms with Crippen molar-refractivity contribution in [2.75, 3.05) is 0 Å². The summed E-state index contributed by atoms with van der Waals surface area (Å²) in [6, 6.07) is 4.31. The largest absolute Gasteiger partial charge is 0.427 e. The van der Waals surface area contributed by atoms with Crippen LogP contribution in [0, 0.1) is 23.7 Å². The molecule has 168 valence electrons. The Labute approximate surface area is 178 Å². The van der Waals surface area contributed by atoms with E-state index >= 15 is 0 Å². The fourth-order valence-electron chi connectivity index (χ4n) is 5.52. The first-order chi connectivity index (χ1) is 14.3. The molecule has 3 rings (SSSR count). The SMILES string of the molecule is CCC[C@H]1CC[C@H](C2CCC(CCC(=O)Oc3ccc(C(F)(F)F)cc3)CC2)CC1. The van der Waals surface area contributed by atoms with Crippen molar-refractivity contribution >= 4 is 5.97 Å². The molecule has 30 heavy (non-hydrogen) atoms. The van der Waals surface area contributed by atoms with Gasteiger partial charge in [-0.2, -0.15) is 13.2 Å². The van der Waals surface area contributed by atoms with Crippen LogP contribution in [0.5, 0.6) is 5.75 Å². The summed E-state index contributed by atoms with van der Waals surface area (Å²) in [7, 11) is 0. The maximum Gasteiger partial charge on any atom is 0.416 e.